The quantitative estimate of drug-likeness (QED) is 0.477. The number of nitro benzene ring substituents is 2. The zero-order valence-corrected chi connectivity index (χ0v) is 9.54. The van der Waals surface area contributed by atoms with Crippen molar-refractivity contribution >= 4 is 17.6 Å². The molecule has 0 fully saturated rings. The Morgan fingerprint density at radius 2 is 1.53 bits per heavy atom. The smallest absolute Gasteiger partial charge is 0.258 e. The van der Waals surface area contributed by atoms with E-state index < -0.39 is 9.85 Å². The van der Waals surface area contributed by atoms with E-state index in [2.05, 4.69) is 5.10 Å². The second-order valence-electron chi connectivity index (χ2n) is 3.60. The Bertz CT molecular complexity index is 616. The summed E-state index contributed by atoms with van der Waals surface area (Å²) in [5.41, 5.74) is -0.402. The molecule has 0 bridgehead atoms. The Balaban J connectivity index is 2.39. The molecule has 2 rings (SSSR count). The van der Waals surface area contributed by atoms with Gasteiger partial charge in [0, 0.05) is 30.1 Å². The number of nitro groups is 2. The number of hydrogen-bond donors (Lipinski definition) is 0. The maximum absolute atomic E-state index is 10.7. The fourth-order valence-electron chi connectivity index (χ4n) is 1.44. The average Bonchev–Trinajstić information content (AvgIpc) is 2.89. The molecule has 0 radical (unpaired) electrons. The van der Waals surface area contributed by atoms with Crippen molar-refractivity contribution in [2.24, 2.45) is 5.10 Å². The third kappa shape index (κ3) is 3.00. The molecule has 1 aromatic heterocycles. The van der Waals surface area contributed by atoms with Crippen molar-refractivity contribution < 1.29 is 9.85 Å². The Hall–Kier alpha value is -3.03. The molecule has 96 valence electrons. The molecule has 1 heterocycles. The highest BCUT2D eigenvalue weighted by atomic mass is 16.6. The normalized spacial score (nSPS) is 10.7. The lowest BCUT2D eigenvalue weighted by molar-refractivity contribution is -0.394. The van der Waals surface area contributed by atoms with Gasteiger partial charge < -0.3 is 0 Å². The van der Waals surface area contributed by atoms with E-state index in [1.54, 1.807) is 24.5 Å². The topological polar surface area (TPSA) is 104 Å². The van der Waals surface area contributed by atoms with Gasteiger partial charge in [-0.1, -0.05) is 0 Å². The van der Waals surface area contributed by atoms with Gasteiger partial charge in [-0.3, -0.25) is 20.2 Å². The number of non-ortho nitro benzene ring substituents is 2. The van der Waals surface area contributed by atoms with Crippen molar-refractivity contribution in [1.29, 1.82) is 0 Å². The summed E-state index contributed by atoms with van der Waals surface area (Å²) in [7, 11) is 0. The molecular weight excluding hydrogens is 252 g/mol. The molecule has 19 heavy (non-hydrogen) atoms. The van der Waals surface area contributed by atoms with E-state index in [1.807, 2.05) is 0 Å². The summed E-state index contributed by atoms with van der Waals surface area (Å²) >= 11 is 0. The summed E-state index contributed by atoms with van der Waals surface area (Å²) in [4.78, 5) is 20.0. The monoisotopic (exact) mass is 260 g/mol. The van der Waals surface area contributed by atoms with Gasteiger partial charge in [0.05, 0.1) is 22.1 Å². The Labute approximate surface area is 106 Å². The van der Waals surface area contributed by atoms with Gasteiger partial charge in [0.1, 0.15) is 0 Å². The van der Waals surface area contributed by atoms with Crippen LogP contribution in [0.15, 0.2) is 47.8 Å². The van der Waals surface area contributed by atoms with Crippen molar-refractivity contribution in [2.45, 2.75) is 0 Å². The maximum Gasteiger partial charge on any atom is 0.276 e. The molecule has 0 aliphatic heterocycles. The molecule has 0 spiro atoms. The lowest BCUT2D eigenvalue weighted by atomic mass is 10.2. The van der Waals surface area contributed by atoms with E-state index in [1.165, 1.54) is 23.0 Å². The van der Waals surface area contributed by atoms with E-state index in [9.17, 15) is 20.2 Å². The van der Waals surface area contributed by atoms with Crippen LogP contribution < -0.4 is 0 Å². The Morgan fingerprint density at radius 3 is 2.00 bits per heavy atom. The van der Waals surface area contributed by atoms with Gasteiger partial charge in [0.25, 0.3) is 11.4 Å². The summed E-state index contributed by atoms with van der Waals surface area (Å²) in [6, 6.07) is 6.87. The van der Waals surface area contributed by atoms with Crippen LogP contribution in [0.4, 0.5) is 11.4 Å². The van der Waals surface area contributed by atoms with E-state index in [-0.39, 0.29) is 16.9 Å². The van der Waals surface area contributed by atoms with Crippen molar-refractivity contribution in [1.82, 2.24) is 4.68 Å². The lowest BCUT2D eigenvalue weighted by Crippen LogP contribution is -1.96. The van der Waals surface area contributed by atoms with Crippen LogP contribution in [0.3, 0.4) is 0 Å². The predicted octanol–water partition coefficient (Wildman–Crippen LogP) is 2.19. The highest BCUT2D eigenvalue weighted by Crippen LogP contribution is 2.21. The minimum Gasteiger partial charge on any atom is -0.258 e. The third-order valence-corrected chi connectivity index (χ3v) is 2.28. The molecular formula is C11H8N4O4. The van der Waals surface area contributed by atoms with Crippen LogP contribution in [-0.2, 0) is 0 Å². The van der Waals surface area contributed by atoms with E-state index >= 15 is 0 Å². The molecule has 0 saturated carbocycles. The molecule has 0 aliphatic carbocycles. The minimum absolute atomic E-state index is 0.287. The number of rotatable bonds is 4. The van der Waals surface area contributed by atoms with Crippen LogP contribution in [0.2, 0.25) is 0 Å². The first-order chi connectivity index (χ1) is 9.06. The molecule has 0 amide bonds. The van der Waals surface area contributed by atoms with Crippen molar-refractivity contribution in [2.75, 3.05) is 0 Å². The second-order valence-corrected chi connectivity index (χ2v) is 3.60. The zero-order chi connectivity index (χ0) is 13.8. The molecule has 8 heteroatoms. The van der Waals surface area contributed by atoms with Crippen molar-refractivity contribution in [3.8, 4) is 0 Å². The van der Waals surface area contributed by atoms with Crippen LogP contribution in [0, 0.1) is 20.2 Å². The fourth-order valence-corrected chi connectivity index (χ4v) is 1.44. The summed E-state index contributed by atoms with van der Waals surface area (Å²) in [5, 5.41) is 25.4. The number of aromatic nitrogens is 1. The fraction of sp³-hybridized carbons (Fsp3) is 0. The summed E-state index contributed by atoms with van der Waals surface area (Å²) in [5.74, 6) is 0. The SMILES string of the molecule is O=[N+]([O-])c1cc(C=Nn2cccc2)cc([N+](=O)[O-])c1. The van der Waals surface area contributed by atoms with Crippen LogP contribution in [-0.4, -0.2) is 20.7 Å². The zero-order valence-electron chi connectivity index (χ0n) is 9.54. The largest absolute Gasteiger partial charge is 0.276 e. The summed E-state index contributed by atoms with van der Waals surface area (Å²) in [6.07, 6.45) is 4.66. The van der Waals surface area contributed by atoms with Gasteiger partial charge in [-0.2, -0.15) is 5.10 Å². The van der Waals surface area contributed by atoms with Crippen molar-refractivity contribution in [3.63, 3.8) is 0 Å². The molecule has 0 atom stereocenters. The standard InChI is InChI=1S/C11H8N4O4/c16-14(17)10-5-9(6-11(7-10)15(18)19)8-12-13-3-1-2-4-13/h1-8H. The number of benzene rings is 1. The van der Waals surface area contributed by atoms with Crippen LogP contribution in [0.5, 0.6) is 0 Å². The van der Waals surface area contributed by atoms with Gasteiger partial charge in [0.2, 0.25) is 0 Å². The summed E-state index contributed by atoms with van der Waals surface area (Å²) in [6.45, 7) is 0. The third-order valence-electron chi connectivity index (χ3n) is 2.28. The van der Waals surface area contributed by atoms with Gasteiger partial charge >= 0.3 is 0 Å². The molecule has 0 N–H and O–H groups in total. The van der Waals surface area contributed by atoms with Gasteiger partial charge in [-0.25, -0.2) is 4.68 Å². The highest BCUT2D eigenvalue weighted by molar-refractivity contribution is 5.82. The molecule has 0 unspecified atom stereocenters. The highest BCUT2D eigenvalue weighted by Gasteiger charge is 2.15. The first-order valence-corrected chi connectivity index (χ1v) is 5.17. The van der Waals surface area contributed by atoms with E-state index in [0.29, 0.717) is 0 Å². The molecule has 0 saturated heterocycles. The van der Waals surface area contributed by atoms with E-state index in [4.69, 9.17) is 0 Å². The molecule has 8 nitrogen and oxygen atoms in total. The van der Waals surface area contributed by atoms with Crippen LogP contribution in [0.1, 0.15) is 5.56 Å². The van der Waals surface area contributed by atoms with Gasteiger partial charge in [-0.15, -0.1) is 0 Å². The molecule has 1 aromatic carbocycles. The number of nitrogens with zero attached hydrogens (tertiary/aromatic N) is 4. The van der Waals surface area contributed by atoms with Crippen LogP contribution in [0.25, 0.3) is 0 Å². The average molecular weight is 260 g/mol. The van der Waals surface area contributed by atoms with E-state index in [0.717, 1.165) is 6.07 Å². The first kappa shape index (κ1) is 12.4. The van der Waals surface area contributed by atoms with Crippen molar-refractivity contribution in [3.05, 3.63) is 68.5 Å². The van der Waals surface area contributed by atoms with Crippen LogP contribution >= 0.6 is 0 Å². The van der Waals surface area contributed by atoms with Gasteiger partial charge in [-0.05, 0) is 12.1 Å². The van der Waals surface area contributed by atoms with Gasteiger partial charge in [0.15, 0.2) is 0 Å². The number of hydrogen-bond acceptors (Lipinski definition) is 5. The molecule has 0 aliphatic rings. The predicted molar refractivity (Wildman–Crippen MR) is 67.2 cm³/mol. The Kier molecular flexibility index (Phi) is 3.33. The lowest BCUT2D eigenvalue weighted by Gasteiger charge is -1.97. The first-order valence-electron chi connectivity index (χ1n) is 5.17. The minimum atomic E-state index is -0.681. The summed E-state index contributed by atoms with van der Waals surface area (Å²) < 4.78 is 1.48. The second kappa shape index (κ2) is 5.08. The molecule has 2 aromatic rings. The Morgan fingerprint density at radius 1 is 1.00 bits per heavy atom. The maximum atomic E-state index is 10.7.